The molecule has 0 fully saturated rings. The summed E-state index contributed by atoms with van der Waals surface area (Å²) in [6.45, 7) is 0.105. The highest BCUT2D eigenvalue weighted by molar-refractivity contribution is 7.90. The molecule has 0 saturated heterocycles. The van der Waals surface area contributed by atoms with Gasteiger partial charge in [-0.25, -0.2) is 4.79 Å². The number of ether oxygens (including phenoxy) is 1. The second-order valence-electron chi connectivity index (χ2n) is 3.79. The minimum atomic E-state index is -4.03. The van der Waals surface area contributed by atoms with Crippen LogP contribution in [0.1, 0.15) is 10.4 Å². The predicted octanol–water partition coefficient (Wildman–Crippen LogP) is 0.186. The maximum atomic E-state index is 11.7. The van der Waals surface area contributed by atoms with E-state index in [9.17, 15) is 23.3 Å². The van der Waals surface area contributed by atoms with Crippen LogP contribution in [-0.2, 0) is 14.9 Å². The number of benzene rings is 1. The number of nitro groups is 1. The second-order valence-corrected chi connectivity index (χ2v) is 5.29. The van der Waals surface area contributed by atoms with Crippen molar-refractivity contribution in [2.75, 3.05) is 25.0 Å². The smallest absolute Gasteiger partial charge is 0.335 e. The number of anilines is 1. The van der Waals surface area contributed by atoms with Gasteiger partial charge in [-0.3, -0.25) is 14.8 Å². The van der Waals surface area contributed by atoms with Crippen LogP contribution in [0, 0.1) is 10.1 Å². The SMILES string of the molecule is COCCNS(=O)(=O)Nc1ccc(C(=O)O)cc1[N+](=O)[O-]. The van der Waals surface area contributed by atoms with Gasteiger partial charge in [-0.2, -0.15) is 13.1 Å². The van der Waals surface area contributed by atoms with Crippen LogP contribution in [0.2, 0.25) is 0 Å². The number of aromatic carboxylic acids is 1. The van der Waals surface area contributed by atoms with Crippen LogP contribution in [0.25, 0.3) is 0 Å². The van der Waals surface area contributed by atoms with Gasteiger partial charge in [-0.05, 0) is 12.1 Å². The Balaban J connectivity index is 3.02. The lowest BCUT2D eigenvalue weighted by Crippen LogP contribution is -2.32. The average molecular weight is 319 g/mol. The predicted molar refractivity (Wildman–Crippen MR) is 72.5 cm³/mol. The molecule has 0 aromatic heterocycles. The fraction of sp³-hybridized carbons (Fsp3) is 0.300. The van der Waals surface area contributed by atoms with Gasteiger partial charge in [0, 0.05) is 19.7 Å². The van der Waals surface area contributed by atoms with Gasteiger partial charge in [0.15, 0.2) is 0 Å². The summed E-state index contributed by atoms with van der Waals surface area (Å²) in [6, 6.07) is 2.84. The number of methoxy groups -OCH3 is 1. The van der Waals surface area contributed by atoms with E-state index in [4.69, 9.17) is 5.11 Å². The molecule has 0 unspecified atom stereocenters. The van der Waals surface area contributed by atoms with E-state index in [2.05, 4.69) is 9.46 Å². The van der Waals surface area contributed by atoms with Crippen molar-refractivity contribution in [2.24, 2.45) is 0 Å². The third-order valence-electron chi connectivity index (χ3n) is 2.28. The Morgan fingerprint density at radius 3 is 2.67 bits per heavy atom. The summed E-state index contributed by atoms with van der Waals surface area (Å²) in [7, 11) is -2.64. The third-order valence-corrected chi connectivity index (χ3v) is 3.36. The molecule has 116 valence electrons. The molecule has 11 heteroatoms. The van der Waals surface area contributed by atoms with Crippen LogP contribution >= 0.6 is 0 Å². The third kappa shape index (κ3) is 4.98. The van der Waals surface area contributed by atoms with E-state index in [-0.39, 0.29) is 24.4 Å². The maximum Gasteiger partial charge on any atom is 0.335 e. The summed E-state index contributed by atoms with van der Waals surface area (Å²) >= 11 is 0. The molecule has 10 nitrogen and oxygen atoms in total. The Hall–Kier alpha value is -2.24. The molecule has 3 N–H and O–H groups in total. The van der Waals surface area contributed by atoms with Crippen molar-refractivity contribution >= 4 is 27.6 Å². The minimum Gasteiger partial charge on any atom is -0.478 e. The molecule has 21 heavy (non-hydrogen) atoms. The lowest BCUT2D eigenvalue weighted by Gasteiger charge is -2.09. The quantitative estimate of drug-likeness (QED) is 0.352. The molecule has 0 aliphatic heterocycles. The molecular formula is C10H13N3O7S. The van der Waals surface area contributed by atoms with Crippen molar-refractivity contribution in [2.45, 2.75) is 0 Å². The van der Waals surface area contributed by atoms with Gasteiger partial charge in [-0.15, -0.1) is 0 Å². The summed E-state index contributed by atoms with van der Waals surface area (Å²) in [5, 5.41) is 19.7. The first-order valence-electron chi connectivity index (χ1n) is 5.55. The molecule has 1 aromatic carbocycles. The number of nitrogens with zero attached hydrogens (tertiary/aromatic N) is 1. The van der Waals surface area contributed by atoms with Crippen molar-refractivity contribution in [3.05, 3.63) is 33.9 Å². The first kappa shape index (κ1) is 16.8. The molecule has 0 atom stereocenters. The highest BCUT2D eigenvalue weighted by atomic mass is 32.2. The van der Waals surface area contributed by atoms with E-state index in [0.29, 0.717) is 0 Å². The first-order chi connectivity index (χ1) is 9.76. The normalized spacial score (nSPS) is 11.1. The monoisotopic (exact) mass is 319 g/mol. The number of rotatable bonds is 8. The minimum absolute atomic E-state index is 0.0210. The molecule has 0 spiro atoms. The van der Waals surface area contributed by atoms with Crippen LogP contribution < -0.4 is 9.44 Å². The van der Waals surface area contributed by atoms with Crippen LogP contribution in [0.3, 0.4) is 0 Å². The molecule has 0 saturated carbocycles. The average Bonchev–Trinajstić information content (AvgIpc) is 2.38. The topological polar surface area (TPSA) is 148 Å². The van der Waals surface area contributed by atoms with Gasteiger partial charge in [0.1, 0.15) is 5.69 Å². The number of nitro benzene ring substituents is 1. The maximum absolute atomic E-state index is 11.7. The molecule has 0 bridgehead atoms. The Labute approximate surface area is 120 Å². The number of hydrogen-bond acceptors (Lipinski definition) is 6. The zero-order valence-electron chi connectivity index (χ0n) is 10.9. The van der Waals surface area contributed by atoms with Gasteiger partial charge >= 0.3 is 5.97 Å². The van der Waals surface area contributed by atoms with Gasteiger partial charge in [-0.1, -0.05) is 0 Å². The standard InChI is InChI=1S/C10H13N3O7S/c1-20-5-4-11-21(18,19)12-8-3-2-7(10(14)15)6-9(8)13(16)17/h2-3,6,11-12H,4-5H2,1H3,(H,14,15). The molecule has 1 rings (SSSR count). The zero-order valence-corrected chi connectivity index (χ0v) is 11.7. The lowest BCUT2D eigenvalue weighted by atomic mass is 10.2. The van der Waals surface area contributed by atoms with E-state index in [0.717, 1.165) is 18.2 Å². The molecule has 0 aliphatic carbocycles. The van der Waals surface area contributed by atoms with Crippen LogP contribution in [0.4, 0.5) is 11.4 Å². The number of nitrogens with one attached hydrogen (secondary N) is 2. The Bertz CT molecular complexity index is 644. The van der Waals surface area contributed by atoms with Crippen molar-refractivity contribution in [3.8, 4) is 0 Å². The molecular weight excluding hydrogens is 306 g/mol. The molecule has 0 aliphatic rings. The second kappa shape index (κ2) is 6.97. The highest BCUT2D eigenvalue weighted by Gasteiger charge is 2.21. The Morgan fingerprint density at radius 2 is 2.14 bits per heavy atom. The fourth-order valence-corrected chi connectivity index (χ4v) is 2.25. The number of carboxylic acids is 1. The molecule has 0 heterocycles. The molecule has 0 radical (unpaired) electrons. The van der Waals surface area contributed by atoms with Gasteiger partial charge in [0.05, 0.1) is 17.1 Å². The number of carboxylic acid groups (broad SMARTS) is 1. The van der Waals surface area contributed by atoms with Crippen molar-refractivity contribution in [1.29, 1.82) is 0 Å². The van der Waals surface area contributed by atoms with Gasteiger partial charge in [0.2, 0.25) is 0 Å². The molecule has 1 aromatic rings. The zero-order chi connectivity index (χ0) is 16.0. The largest absolute Gasteiger partial charge is 0.478 e. The fourth-order valence-electron chi connectivity index (χ4n) is 1.36. The van der Waals surface area contributed by atoms with Crippen LogP contribution in [0.15, 0.2) is 18.2 Å². The number of hydrogen-bond donors (Lipinski definition) is 3. The first-order valence-corrected chi connectivity index (χ1v) is 7.03. The Morgan fingerprint density at radius 1 is 1.48 bits per heavy atom. The number of carbonyl (C=O) groups is 1. The summed E-state index contributed by atoms with van der Waals surface area (Å²) in [4.78, 5) is 20.8. The van der Waals surface area contributed by atoms with Crippen LogP contribution in [-0.4, -0.2) is 44.7 Å². The van der Waals surface area contributed by atoms with E-state index >= 15 is 0 Å². The van der Waals surface area contributed by atoms with E-state index < -0.39 is 26.8 Å². The summed E-state index contributed by atoms with van der Waals surface area (Å²) in [5.74, 6) is -1.36. The Kier molecular flexibility index (Phi) is 5.58. The highest BCUT2D eigenvalue weighted by Crippen LogP contribution is 2.26. The lowest BCUT2D eigenvalue weighted by molar-refractivity contribution is -0.383. The van der Waals surface area contributed by atoms with Gasteiger partial charge in [0.25, 0.3) is 15.9 Å². The van der Waals surface area contributed by atoms with Crippen molar-refractivity contribution in [3.63, 3.8) is 0 Å². The van der Waals surface area contributed by atoms with Crippen LogP contribution in [0.5, 0.6) is 0 Å². The van der Waals surface area contributed by atoms with E-state index in [1.807, 2.05) is 4.72 Å². The van der Waals surface area contributed by atoms with E-state index in [1.54, 1.807) is 0 Å². The van der Waals surface area contributed by atoms with E-state index in [1.165, 1.54) is 7.11 Å². The summed E-state index contributed by atoms with van der Waals surface area (Å²) in [6.07, 6.45) is 0. The molecule has 0 amide bonds. The van der Waals surface area contributed by atoms with Crippen molar-refractivity contribution < 1.29 is 28.0 Å². The summed E-state index contributed by atoms with van der Waals surface area (Å²) < 4.78 is 32.0. The van der Waals surface area contributed by atoms with Crippen molar-refractivity contribution in [1.82, 2.24) is 4.72 Å². The summed E-state index contributed by atoms with van der Waals surface area (Å²) in [5.41, 5.74) is -1.32. The van der Waals surface area contributed by atoms with Gasteiger partial charge < -0.3 is 9.84 Å².